The number of rotatable bonds is 8. The van der Waals surface area contributed by atoms with Crippen molar-refractivity contribution in [3.8, 4) is 6.07 Å². The Bertz CT molecular complexity index is 1700. The first kappa shape index (κ1) is 29.5. The normalized spacial score (nSPS) is 19.6. The van der Waals surface area contributed by atoms with Crippen molar-refractivity contribution in [3.05, 3.63) is 52.3 Å². The summed E-state index contributed by atoms with van der Waals surface area (Å²) < 4.78 is 41.0. The first-order valence-electron chi connectivity index (χ1n) is 15.4. The van der Waals surface area contributed by atoms with Crippen LogP contribution in [0.15, 0.2) is 30.6 Å². The van der Waals surface area contributed by atoms with Crippen molar-refractivity contribution in [1.82, 2.24) is 29.7 Å². The molecule has 0 aliphatic carbocycles. The first-order chi connectivity index (χ1) is 21.2. The highest BCUT2D eigenvalue weighted by molar-refractivity contribution is 7.18. The van der Waals surface area contributed by atoms with Crippen LogP contribution in [0.1, 0.15) is 41.0 Å². The molecule has 0 bridgehead atoms. The number of aromatic nitrogens is 3. The van der Waals surface area contributed by atoms with Crippen LogP contribution in [-0.2, 0) is 19.5 Å². The number of thiophene rings is 1. The van der Waals surface area contributed by atoms with E-state index in [2.05, 4.69) is 66.2 Å². The van der Waals surface area contributed by atoms with E-state index in [4.69, 9.17) is 0 Å². The number of fused-ring (bicyclic) bond motifs is 2. The van der Waals surface area contributed by atoms with Crippen molar-refractivity contribution in [2.75, 3.05) is 51.1 Å². The summed E-state index contributed by atoms with van der Waals surface area (Å²) in [6.45, 7) is 11.2. The lowest BCUT2D eigenvalue weighted by Crippen LogP contribution is -2.57. The van der Waals surface area contributed by atoms with Crippen molar-refractivity contribution in [3.63, 3.8) is 0 Å². The molecule has 0 atom stereocenters. The van der Waals surface area contributed by atoms with Gasteiger partial charge in [0.15, 0.2) is 0 Å². The zero-order chi connectivity index (χ0) is 30.5. The maximum absolute atomic E-state index is 12.9. The molecular formula is C32H37F3N8S. The van der Waals surface area contributed by atoms with Gasteiger partial charge in [0, 0.05) is 79.6 Å². The van der Waals surface area contributed by atoms with Crippen LogP contribution < -0.4 is 10.6 Å². The maximum Gasteiger partial charge on any atom is 0.393 e. The summed E-state index contributed by atoms with van der Waals surface area (Å²) in [5, 5.41) is 18.7. The molecule has 6 heterocycles. The van der Waals surface area contributed by atoms with Crippen LogP contribution in [0.4, 0.5) is 19.0 Å². The highest BCUT2D eigenvalue weighted by Gasteiger charge is 2.44. The number of benzene rings is 1. The van der Waals surface area contributed by atoms with E-state index >= 15 is 0 Å². The third kappa shape index (κ3) is 5.90. The fraction of sp³-hybridized carbons (Fsp3) is 0.531. The highest BCUT2D eigenvalue weighted by atomic mass is 32.1. The van der Waals surface area contributed by atoms with Gasteiger partial charge in [-0.15, -0.1) is 11.3 Å². The first-order valence-corrected chi connectivity index (χ1v) is 16.2. The van der Waals surface area contributed by atoms with Gasteiger partial charge >= 0.3 is 6.18 Å². The van der Waals surface area contributed by atoms with Crippen LogP contribution in [0, 0.1) is 23.7 Å². The van der Waals surface area contributed by atoms with E-state index in [1.165, 1.54) is 23.9 Å². The summed E-state index contributed by atoms with van der Waals surface area (Å²) in [5.74, 6) is 0.612. The molecule has 1 aromatic carbocycles. The maximum atomic E-state index is 12.9. The van der Waals surface area contributed by atoms with Crippen LogP contribution in [0.5, 0.6) is 0 Å². The summed E-state index contributed by atoms with van der Waals surface area (Å²) >= 11 is 1.08. The second kappa shape index (κ2) is 11.6. The number of aryl methyl sites for hydroxylation is 1. The average molecular weight is 623 g/mol. The summed E-state index contributed by atoms with van der Waals surface area (Å²) in [7, 11) is 0. The molecule has 0 radical (unpaired) electrons. The molecule has 3 aromatic heterocycles. The topological polar surface area (TPSA) is 85.0 Å². The molecule has 0 unspecified atom stereocenters. The van der Waals surface area contributed by atoms with E-state index in [0.717, 1.165) is 99.7 Å². The minimum atomic E-state index is -4.25. The predicted octanol–water partition coefficient (Wildman–Crippen LogP) is 5.30. The minimum Gasteiger partial charge on any atom is -0.367 e. The lowest BCUT2D eigenvalue weighted by atomic mass is 9.79. The van der Waals surface area contributed by atoms with E-state index < -0.39 is 12.6 Å². The molecule has 12 heteroatoms. The third-order valence-corrected chi connectivity index (χ3v) is 10.8. The van der Waals surface area contributed by atoms with Gasteiger partial charge in [-0.2, -0.15) is 18.4 Å². The molecular weight excluding hydrogens is 585 g/mol. The second-order valence-corrected chi connectivity index (χ2v) is 14.0. The quantitative estimate of drug-likeness (QED) is 0.276. The number of anilines is 1. The SMILES string of the molecule is Cc1c(CN2CCC(Nc3ncnc4sc(CC(F)(F)F)cc34)CC2)ccc2c1cc(C#N)n2CCN1CC2(CCNC2)C1. The van der Waals surface area contributed by atoms with Gasteiger partial charge in [-0.1, -0.05) is 6.07 Å². The number of alkyl halides is 3. The molecule has 232 valence electrons. The summed E-state index contributed by atoms with van der Waals surface area (Å²) in [4.78, 5) is 14.3. The molecule has 0 amide bonds. The smallest absolute Gasteiger partial charge is 0.367 e. The molecule has 2 N–H and O–H groups in total. The Labute approximate surface area is 258 Å². The van der Waals surface area contributed by atoms with Crippen molar-refractivity contribution in [1.29, 1.82) is 5.26 Å². The van der Waals surface area contributed by atoms with E-state index in [1.807, 2.05) is 0 Å². The van der Waals surface area contributed by atoms with Crippen molar-refractivity contribution in [2.24, 2.45) is 5.41 Å². The summed E-state index contributed by atoms with van der Waals surface area (Å²) in [6.07, 6.45) is -0.678. The second-order valence-electron chi connectivity index (χ2n) is 12.9. The number of hydrogen-bond donors (Lipinski definition) is 2. The number of nitriles is 1. The van der Waals surface area contributed by atoms with Gasteiger partial charge in [-0.25, -0.2) is 9.97 Å². The predicted molar refractivity (Wildman–Crippen MR) is 167 cm³/mol. The van der Waals surface area contributed by atoms with Crippen LogP contribution in [0.25, 0.3) is 21.1 Å². The molecule has 3 fully saturated rings. The summed E-state index contributed by atoms with van der Waals surface area (Å²) in [6, 6.07) is 10.6. The Kier molecular flexibility index (Phi) is 7.77. The van der Waals surface area contributed by atoms with Crippen molar-refractivity contribution < 1.29 is 13.2 Å². The average Bonchev–Trinajstić information content (AvgIpc) is 3.70. The summed E-state index contributed by atoms with van der Waals surface area (Å²) in [5.41, 5.74) is 4.83. The van der Waals surface area contributed by atoms with Gasteiger partial charge in [0.05, 0.1) is 11.8 Å². The van der Waals surface area contributed by atoms with Gasteiger partial charge in [0.25, 0.3) is 0 Å². The van der Waals surface area contributed by atoms with Crippen LogP contribution in [-0.4, -0.2) is 82.4 Å². The highest BCUT2D eigenvalue weighted by Crippen LogP contribution is 2.36. The Hall–Kier alpha value is -3.24. The Balaban J connectivity index is 0.971. The van der Waals surface area contributed by atoms with Gasteiger partial charge in [0.1, 0.15) is 28.7 Å². The van der Waals surface area contributed by atoms with Gasteiger partial charge in [0.2, 0.25) is 0 Å². The molecule has 3 aliphatic rings. The van der Waals surface area contributed by atoms with E-state index in [-0.39, 0.29) is 10.9 Å². The largest absolute Gasteiger partial charge is 0.393 e. The third-order valence-electron chi connectivity index (χ3n) is 9.75. The zero-order valence-electron chi connectivity index (χ0n) is 24.9. The Morgan fingerprint density at radius 3 is 2.66 bits per heavy atom. The number of nitrogens with one attached hydrogen (secondary N) is 2. The zero-order valence-corrected chi connectivity index (χ0v) is 25.7. The monoisotopic (exact) mass is 622 g/mol. The molecule has 3 aliphatic heterocycles. The number of hydrogen-bond acceptors (Lipinski definition) is 8. The van der Waals surface area contributed by atoms with Crippen molar-refractivity contribution in [2.45, 2.75) is 57.9 Å². The minimum absolute atomic E-state index is 0.192. The fourth-order valence-electron chi connectivity index (χ4n) is 7.37. The van der Waals surface area contributed by atoms with Gasteiger partial charge in [-0.05, 0) is 62.1 Å². The van der Waals surface area contributed by atoms with Crippen LogP contribution in [0.2, 0.25) is 0 Å². The number of likely N-dealkylation sites (tertiary alicyclic amines) is 2. The molecule has 4 aromatic rings. The van der Waals surface area contributed by atoms with Crippen LogP contribution in [0.3, 0.4) is 0 Å². The van der Waals surface area contributed by atoms with Gasteiger partial charge in [-0.3, -0.25) is 4.90 Å². The van der Waals surface area contributed by atoms with Crippen molar-refractivity contribution >= 4 is 38.3 Å². The molecule has 44 heavy (non-hydrogen) atoms. The molecule has 8 nitrogen and oxygen atoms in total. The van der Waals surface area contributed by atoms with E-state index in [9.17, 15) is 18.4 Å². The van der Waals surface area contributed by atoms with Crippen LogP contribution >= 0.6 is 11.3 Å². The molecule has 3 saturated heterocycles. The Morgan fingerprint density at radius 2 is 1.93 bits per heavy atom. The Morgan fingerprint density at radius 1 is 1.11 bits per heavy atom. The fourth-order valence-corrected chi connectivity index (χ4v) is 8.39. The van der Waals surface area contributed by atoms with Gasteiger partial charge < -0.3 is 20.1 Å². The standard InChI is InChI=1S/C32H37F3N8S/c1-21-22(2-3-28-26(21)12-24(15-36)43(28)11-10-42-18-31(19-42)6-7-37-17-31)16-41-8-4-23(5-9-41)40-29-27-13-25(14-32(33,34)35)44-30(27)39-20-38-29/h2-3,12-13,20,23,37H,4-11,14,16-19H2,1H3,(H,38,39,40). The van der Waals surface area contributed by atoms with E-state index in [1.54, 1.807) is 6.07 Å². The van der Waals surface area contributed by atoms with E-state index in [0.29, 0.717) is 21.4 Å². The number of nitrogens with zero attached hydrogens (tertiary/aromatic N) is 6. The molecule has 1 spiro atoms. The lowest BCUT2D eigenvalue weighted by molar-refractivity contribution is -0.126. The molecule has 7 rings (SSSR count). The number of piperidine rings is 1. The number of halogens is 3. The molecule has 0 saturated carbocycles. The lowest BCUT2D eigenvalue weighted by Gasteiger charge is -2.48.